The normalized spacial score (nSPS) is 15.6. The molecule has 0 radical (unpaired) electrons. The molecule has 1 amide bonds. The largest absolute Gasteiger partial charge is 0.497 e. The molecule has 25 heavy (non-hydrogen) atoms. The lowest BCUT2D eigenvalue weighted by molar-refractivity contribution is -0.126. The summed E-state index contributed by atoms with van der Waals surface area (Å²) in [5.74, 6) is 1.62. The Morgan fingerprint density at radius 1 is 1.20 bits per heavy atom. The van der Waals surface area contributed by atoms with E-state index in [0.29, 0.717) is 33.9 Å². The van der Waals surface area contributed by atoms with Crippen molar-refractivity contribution < 1.29 is 9.53 Å². The topological polar surface area (TPSA) is 41.9 Å². The maximum atomic E-state index is 12.6. The van der Waals surface area contributed by atoms with E-state index in [9.17, 15) is 4.79 Å². The monoisotopic (exact) mass is 394 g/mol. The number of hydrogen-bond donors (Lipinski definition) is 0. The van der Waals surface area contributed by atoms with Crippen LogP contribution in [-0.2, 0) is 11.2 Å². The Labute approximate surface area is 160 Å². The number of amidine groups is 1. The standard InChI is InChI=1S/C18H16Cl2N2O2S/c1-24-14-5-2-12(3-6-14)10-17(23)22-8-9-25-18(22)21-13-4-7-15(19)16(20)11-13/h2-7,11H,8-10H2,1H3. The van der Waals surface area contributed by atoms with Crippen LogP contribution in [0, 0.1) is 0 Å². The molecule has 2 aromatic rings. The van der Waals surface area contributed by atoms with Crippen molar-refractivity contribution in [2.75, 3.05) is 19.4 Å². The number of halogens is 2. The van der Waals surface area contributed by atoms with Gasteiger partial charge in [-0.25, -0.2) is 4.99 Å². The van der Waals surface area contributed by atoms with Crippen LogP contribution in [0.5, 0.6) is 5.75 Å². The Kier molecular flexibility index (Phi) is 5.89. The highest BCUT2D eigenvalue weighted by atomic mass is 35.5. The summed E-state index contributed by atoms with van der Waals surface area (Å²) >= 11 is 13.5. The van der Waals surface area contributed by atoms with Gasteiger partial charge in [0.05, 0.1) is 29.3 Å². The Hall–Kier alpha value is -1.69. The molecule has 0 spiro atoms. The van der Waals surface area contributed by atoms with Crippen LogP contribution in [0.2, 0.25) is 10.0 Å². The zero-order valence-electron chi connectivity index (χ0n) is 13.5. The van der Waals surface area contributed by atoms with Crippen molar-refractivity contribution in [3.05, 3.63) is 58.1 Å². The number of rotatable bonds is 4. The molecule has 130 valence electrons. The Morgan fingerprint density at radius 2 is 1.96 bits per heavy atom. The maximum absolute atomic E-state index is 12.6. The van der Waals surface area contributed by atoms with Crippen LogP contribution >= 0.6 is 35.0 Å². The van der Waals surface area contributed by atoms with Gasteiger partial charge in [0.15, 0.2) is 5.17 Å². The average molecular weight is 395 g/mol. The Morgan fingerprint density at radius 3 is 2.64 bits per heavy atom. The number of nitrogens with zero attached hydrogens (tertiary/aromatic N) is 2. The highest BCUT2D eigenvalue weighted by molar-refractivity contribution is 8.14. The first-order valence-corrected chi connectivity index (χ1v) is 9.41. The SMILES string of the molecule is COc1ccc(CC(=O)N2CCSC2=Nc2ccc(Cl)c(Cl)c2)cc1. The van der Waals surface area contributed by atoms with Gasteiger partial charge in [0.2, 0.25) is 5.91 Å². The minimum atomic E-state index is 0.0222. The van der Waals surface area contributed by atoms with Crippen LogP contribution in [-0.4, -0.2) is 35.4 Å². The first-order chi connectivity index (χ1) is 12.1. The number of carbonyl (C=O) groups excluding carboxylic acids is 1. The molecule has 0 bridgehead atoms. The zero-order valence-corrected chi connectivity index (χ0v) is 15.9. The van der Waals surface area contributed by atoms with Gasteiger partial charge in [0.1, 0.15) is 5.75 Å². The maximum Gasteiger partial charge on any atom is 0.232 e. The second-order valence-corrected chi connectivity index (χ2v) is 7.29. The van der Waals surface area contributed by atoms with E-state index in [1.54, 1.807) is 42.0 Å². The molecule has 1 fully saturated rings. The number of amides is 1. The van der Waals surface area contributed by atoms with E-state index in [4.69, 9.17) is 27.9 Å². The molecule has 1 aliphatic rings. The summed E-state index contributed by atoms with van der Waals surface area (Å²) < 4.78 is 5.14. The molecule has 0 aliphatic carbocycles. The molecule has 0 unspecified atom stereocenters. The molecule has 0 atom stereocenters. The van der Waals surface area contributed by atoms with Gasteiger partial charge in [-0.2, -0.15) is 0 Å². The van der Waals surface area contributed by atoms with Gasteiger partial charge in [0.25, 0.3) is 0 Å². The molecule has 1 saturated heterocycles. The van der Waals surface area contributed by atoms with E-state index in [2.05, 4.69) is 4.99 Å². The van der Waals surface area contributed by atoms with Crippen LogP contribution in [0.4, 0.5) is 5.69 Å². The first-order valence-electron chi connectivity index (χ1n) is 7.66. The van der Waals surface area contributed by atoms with E-state index < -0.39 is 0 Å². The highest BCUT2D eigenvalue weighted by Gasteiger charge is 2.25. The molecule has 4 nitrogen and oxygen atoms in total. The summed E-state index contributed by atoms with van der Waals surface area (Å²) in [5.41, 5.74) is 1.62. The van der Waals surface area contributed by atoms with Crippen LogP contribution in [0.15, 0.2) is 47.5 Å². The lowest BCUT2D eigenvalue weighted by Gasteiger charge is -2.16. The van der Waals surface area contributed by atoms with Crippen LogP contribution in [0.25, 0.3) is 0 Å². The van der Waals surface area contributed by atoms with Crippen molar-refractivity contribution in [1.29, 1.82) is 0 Å². The summed E-state index contributed by atoms with van der Waals surface area (Å²) in [5, 5.41) is 1.62. The van der Waals surface area contributed by atoms with Crippen LogP contribution < -0.4 is 4.74 Å². The molecule has 7 heteroatoms. The Bertz CT molecular complexity index is 809. The second kappa shape index (κ2) is 8.13. The summed E-state index contributed by atoms with van der Waals surface area (Å²) in [6.07, 6.45) is 0.324. The summed E-state index contributed by atoms with van der Waals surface area (Å²) in [7, 11) is 1.62. The predicted octanol–water partition coefficient (Wildman–Crippen LogP) is 4.81. The molecule has 0 N–H and O–H groups in total. The van der Waals surface area contributed by atoms with Crippen LogP contribution in [0.3, 0.4) is 0 Å². The highest BCUT2D eigenvalue weighted by Crippen LogP contribution is 2.29. The van der Waals surface area contributed by atoms with Gasteiger partial charge in [-0.1, -0.05) is 47.1 Å². The smallest absolute Gasteiger partial charge is 0.232 e. The molecule has 2 aromatic carbocycles. The minimum Gasteiger partial charge on any atom is -0.497 e. The minimum absolute atomic E-state index is 0.0222. The quantitative estimate of drug-likeness (QED) is 0.746. The van der Waals surface area contributed by atoms with Crippen molar-refractivity contribution in [3.8, 4) is 5.75 Å². The third-order valence-corrected chi connectivity index (χ3v) is 5.42. The predicted molar refractivity (Wildman–Crippen MR) is 104 cm³/mol. The van der Waals surface area contributed by atoms with E-state index in [0.717, 1.165) is 17.1 Å². The lowest BCUT2D eigenvalue weighted by Crippen LogP contribution is -2.32. The van der Waals surface area contributed by atoms with Gasteiger partial charge in [0, 0.05) is 12.3 Å². The number of methoxy groups -OCH3 is 1. The number of thioether (sulfide) groups is 1. The number of hydrogen-bond acceptors (Lipinski definition) is 4. The third kappa shape index (κ3) is 4.48. The van der Waals surface area contributed by atoms with Crippen molar-refractivity contribution in [2.45, 2.75) is 6.42 Å². The fourth-order valence-electron chi connectivity index (χ4n) is 2.40. The van der Waals surface area contributed by atoms with Crippen molar-refractivity contribution in [3.63, 3.8) is 0 Å². The number of carbonyl (C=O) groups is 1. The molecule has 0 saturated carbocycles. The van der Waals surface area contributed by atoms with Gasteiger partial charge in [-0.3, -0.25) is 9.69 Å². The number of ether oxygens (including phenoxy) is 1. The fraction of sp³-hybridized carbons (Fsp3) is 0.222. The Balaban J connectivity index is 1.74. The first kappa shape index (κ1) is 18.1. The van der Waals surface area contributed by atoms with E-state index in [-0.39, 0.29) is 5.91 Å². The summed E-state index contributed by atoms with van der Waals surface area (Å²) in [4.78, 5) is 18.9. The molecular formula is C18H16Cl2N2O2S. The molecule has 1 aliphatic heterocycles. The molecule has 3 rings (SSSR count). The zero-order chi connectivity index (χ0) is 17.8. The van der Waals surface area contributed by atoms with Crippen molar-refractivity contribution in [2.24, 2.45) is 4.99 Å². The lowest BCUT2D eigenvalue weighted by atomic mass is 10.1. The van der Waals surface area contributed by atoms with Gasteiger partial charge < -0.3 is 4.74 Å². The second-order valence-electron chi connectivity index (χ2n) is 5.41. The van der Waals surface area contributed by atoms with Gasteiger partial charge in [-0.05, 0) is 35.9 Å². The fourth-order valence-corrected chi connectivity index (χ4v) is 3.67. The van der Waals surface area contributed by atoms with E-state index in [1.807, 2.05) is 24.3 Å². The molecular weight excluding hydrogens is 379 g/mol. The summed E-state index contributed by atoms with van der Waals surface area (Å²) in [6.45, 7) is 0.653. The van der Waals surface area contributed by atoms with E-state index >= 15 is 0 Å². The van der Waals surface area contributed by atoms with E-state index in [1.165, 1.54) is 0 Å². The van der Waals surface area contributed by atoms with Crippen molar-refractivity contribution >= 4 is 51.7 Å². The van der Waals surface area contributed by atoms with Gasteiger partial charge in [-0.15, -0.1) is 0 Å². The number of aliphatic imine (C=N–C) groups is 1. The van der Waals surface area contributed by atoms with Crippen LogP contribution in [0.1, 0.15) is 5.56 Å². The van der Waals surface area contributed by atoms with Gasteiger partial charge >= 0.3 is 0 Å². The average Bonchev–Trinajstić information content (AvgIpc) is 3.07. The molecule has 1 heterocycles. The van der Waals surface area contributed by atoms with Crippen molar-refractivity contribution in [1.82, 2.24) is 4.90 Å². The number of benzene rings is 2. The summed E-state index contributed by atoms with van der Waals surface area (Å²) in [6, 6.07) is 12.7. The third-order valence-electron chi connectivity index (χ3n) is 3.72. The molecule has 0 aromatic heterocycles.